The van der Waals surface area contributed by atoms with Crippen LogP contribution in [0.5, 0.6) is 0 Å². The normalized spacial score (nSPS) is 16.4. The molecular formula is C20H19N3O3. The molecule has 0 saturated carbocycles. The number of hydrogen-bond donors (Lipinski definition) is 1. The maximum absolute atomic E-state index is 12.6. The number of nitrogens with zero attached hydrogens (tertiary/aromatic N) is 2. The second kappa shape index (κ2) is 7.31. The molecule has 1 N–H and O–H groups in total. The zero-order valence-electron chi connectivity index (χ0n) is 14.6. The van der Waals surface area contributed by atoms with Gasteiger partial charge < -0.3 is 5.32 Å². The van der Waals surface area contributed by atoms with Crippen LogP contribution in [-0.4, -0.2) is 23.3 Å². The van der Waals surface area contributed by atoms with E-state index >= 15 is 0 Å². The van der Waals surface area contributed by atoms with Crippen LogP contribution >= 0.6 is 0 Å². The number of aryl methyl sites for hydroxylation is 1. The fourth-order valence-electron chi connectivity index (χ4n) is 2.89. The van der Waals surface area contributed by atoms with Gasteiger partial charge in [-0.1, -0.05) is 43.3 Å². The molecular weight excluding hydrogens is 330 g/mol. The zero-order chi connectivity index (χ0) is 18.7. The van der Waals surface area contributed by atoms with Crippen molar-refractivity contribution in [2.45, 2.75) is 20.3 Å². The van der Waals surface area contributed by atoms with E-state index in [1.165, 1.54) is 5.01 Å². The van der Waals surface area contributed by atoms with Gasteiger partial charge in [0.1, 0.15) is 5.92 Å². The second-order valence-corrected chi connectivity index (χ2v) is 5.99. The van der Waals surface area contributed by atoms with Gasteiger partial charge in [0.25, 0.3) is 11.8 Å². The molecule has 132 valence electrons. The molecule has 0 saturated heterocycles. The Labute approximate surface area is 151 Å². The maximum atomic E-state index is 12.6. The van der Waals surface area contributed by atoms with Crippen molar-refractivity contribution in [3.63, 3.8) is 0 Å². The Morgan fingerprint density at radius 1 is 1.08 bits per heavy atom. The molecule has 0 aromatic heterocycles. The minimum Gasteiger partial charge on any atom is -0.319 e. The summed E-state index contributed by atoms with van der Waals surface area (Å²) in [6.07, 6.45) is 0.718. The van der Waals surface area contributed by atoms with Crippen LogP contribution in [0.3, 0.4) is 0 Å². The lowest BCUT2D eigenvalue weighted by molar-refractivity contribution is -0.138. The largest absolute Gasteiger partial charge is 0.319 e. The minimum atomic E-state index is -1.19. The van der Waals surface area contributed by atoms with Gasteiger partial charge in [-0.25, -0.2) is 0 Å². The molecule has 1 aliphatic heterocycles. The van der Waals surface area contributed by atoms with E-state index in [0.717, 1.165) is 12.0 Å². The van der Waals surface area contributed by atoms with Crippen LogP contribution in [0.2, 0.25) is 0 Å². The lowest BCUT2D eigenvalue weighted by Crippen LogP contribution is -2.39. The molecule has 0 aliphatic carbocycles. The van der Waals surface area contributed by atoms with Crippen molar-refractivity contribution in [2.75, 3.05) is 10.3 Å². The first kappa shape index (κ1) is 17.5. The molecule has 1 heterocycles. The summed E-state index contributed by atoms with van der Waals surface area (Å²) in [5.74, 6) is -3.32. The van der Waals surface area contributed by atoms with Crippen molar-refractivity contribution in [1.82, 2.24) is 0 Å². The number of carbonyl (C=O) groups excluding carboxylic acids is 3. The quantitative estimate of drug-likeness (QED) is 0.666. The third-order valence-corrected chi connectivity index (χ3v) is 4.26. The smallest absolute Gasteiger partial charge is 0.293 e. The van der Waals surface area contributed by atoms with E-state index in [9.17, 15) is 14.4 Å². The Kier molecular flexibility index (Phi) is 4.93. The molecule has 2 amide bonds. The molecule has 0 bridgehead atoms. The molecule has 0 fully saturated rings. The van der Waals surface area contributed by atoms with E-state index in [1.807, 2.05) is 25.1 Å². The summed E-state index contributed by atoms with van der Waals surface area (Å²) in [7, 11) is 0. The SMILES string of the molecule is CCc1ccccc1NC(=O)C(=O)[C@@H]1C(=O)N(c2ccccc2)N=C1C. The summed E-state index contributed by atoms with van der Waals surface area (Å²) < 4.78 is 0. The highest BCUT2D eigenvalue weighted by molar-refractivity contribution is 6.50. The monoisotopic (exact) mass is 349 g/mol. The average molecular weight is 349 g/mol. The highest BCUT2D eigenvalue weighted by atomic mass is 16.2. The van der Waals surface area contributed by atoms with Crippen LogP contribution in [0.25, 0.3) is 0 Å². The average Bonchev–Trinajstić information content (AvgIpc) is 2.96. The number of ketones is 1. The van der Waals surface area contributed by atoms with Crippen LogP contribution in [0, 0.1) is 5.92 Å². The van der Waals surface area contributed by atoms with Gasteiger partial charge in [0.2, 0.25) is 5.78 Å². The van der Waals surface area contributed by atoms with Gasteiger partial charge >= 0.3 is 0 Å². The van der Waals surface area contributed by atoms with E-state index in [-0.39, 0.29) is 0 Å². The van der Waals surface area contributed by atoms with Crippen molar-refractivity contribution >= 4 is 34.7 Å². The number of hydrogen-bond acceptors (Lipinski definition) is 4. The predicted octanol–water partition coefficient (Wildman–Crippen LogP) is 2.80. The summed E-state index contributed by atoms with van der Waals surface area (Å²) in [5.41, 5.74) is 2.36. The second-order valence-electron chi connectivity index (χ2n) is 5.99. The maximum Gasteiger partial charge on any atom is 0.293 e. The number of rotatable bonds is 5. The van der Waals surface area contributed by atoms with Gasteiger partial charge in [-0.2, -0.15) is 10.1 Å². The molecule has 3 rings (SSSR count). The van der Waals surface area contributed by atoms with E-state index in [2.05, 4.69) is 10.4 Å². The van der Waals surface area contributed by atoms with Crippen molar-refractivity contribution in [3.05, 3.63) is 60.2 Å². The highest BCUT2D eigenvalue weighted by Crippen LogP contribution is 2.25. The summed E-state index contributed by atoms with van der Waals surface area (Å²) in [5, 5.41) is 7.96. The third kappa shape index (κ3) is 3.26. The van der Waals surface area contributed by atoms with E-state index in [0.29, 0.717) is 17.1 Å². The first-order chi connectivity index (χ1) is 12.5. The highest BCUT2D eigenvalue weighted by Gasteiger charge is 2.42. The fourth-order valence-corrected chi connectivity index (χ4v) is 2.89. The molecule has 1 atom stereocenters. The Hall–Kier alpha value is -3.28. The number of amides is 2. The predicted molar refractivity (Wildman–Crippen MR) is 100.0 cm³/mol. The van der Waals surface area contributed by atoms with Crippen LogP contribution in [-0.2, 0) is 20.8 Å². The first-order valence-corrected chi connectivity index (χ1v) is 8.40. The lowest BCUT2D eigenvalue weighted by Gasteiger charge is -2.14. The number of benzene rings is 2. The molecule has 2 aromatic rings. The summed E-state index contributed by atoms with van der Waals surface area (Å²) >= 11 is 0. The van der Waals surface area contributed by atoms with Gasteiger partial charge in [0, 0.05) is 5.69 Å². The first-order valence-electron chi connectivity index (χ1n) is 8.40. The fraction of sp³-hybridized carbons (Fsp3) is 0.200. The van der Waals surface area contributed by atoms with Crippen LogP contribution < -0.4 is 10.3 Å². The Bertz CT molecular complexity index is 890. The lowest BCUT2D eigenvalue weighted by atomic mass is 9.98. The van der Waals surface area contributed by atoms with Crippen LogP contribution in [0.4, 0.5) is 11.4 Å². The minimum absolute atomic E-state index is 0.308. The molecule has 2 aromatic carbocycles. The molecule has 6 nitrogen and oxygen atoms in total. The van der Waals surface area contributed by atoms with Gasteiger partial charge in [-0.3, -0.25) is 14.4 Å². The topological polar surface area (TPSA) is 78.8 Å². The van der Waals surface area contributed by atoms with Crippen molar-refractivity contribution in [2.24, 2.45) is 11.0 Å². The molecule has 1 aliphatic rings. The zero-order valence-corrected chi connectivity index (χ0v) is 14.6. The molecule has 0 spiro atoms. The summed E-state index contributed by atoms with van der Waals surface area (Å²) in [6.45, 7) is 3.54. The summed E-state index contributed by atoms with van der Waals surface area (Å²) in [6, 6.07) is 16.1. The van der Waals surface area contributed by atoms with Gasteiger partial charge in [-0.05, 0) is 37.1 Å². The summed E-state index contributed by atoms with van der Waals surface area (Å²) in [4.78, 5) is 37.7. The van der Waals surface area contributed by atoms with Crippen molar-refractivity contribution < 1.29 is 14.4 Å². The van der Waals surface area contributed by atoms with Crippen molar-refractivity contribution in [3.8, 4) is 0 Å². The molecule has 6 heteroatoms. The van der Waals surface area contributed by atoms with Gasteiger partial charge in [-0.15, -0.1) is 0 Å². The Morgan fingerprint density at radius 2 is 1.73 bits per heavy atom. The Balaban J connectivity index is 1.78. The van der Waals surface area contributed by atoms with E-state index < -0.39 is 23.5 Å². The standard InChI is InChI=1S/C20H19N3O3/c1-3-14-9-7-8-12-16(14)21-19(25)18(24)17-13(2)22-23(20(17)26)15-10-5-4-6-11-15/h4-12,17H,3H2,1-2H3,(H,21,25)/t17-/m1/s1. The number of carbonyl (C=O) groups is 3. The number of para-hydroxylation sites is 2. The molecule has 0 unspecified atom stereocenters. The molecule has 26 heavy (non-hydrogen) atoms. The van der Waals surface area contributed by atoms with E-state index in [4.69, 9.17) is 0 Å². The molecule has 0 radical (unpaired) electrons. The van der Waals surface area contributed by atoms with Gasteiger partial charge in [0.05, 0.1) is 11.4 Å². The number of hydrazone groups is 1. The number of anilines is 2. The Morgan fingerprint density at radius 3 is 2.42 bits per heavy atom. The van der Waals surface area contributed by atoms with Crippen LogP contribution in [0.1, 0.15) is 19.4 Å². The van der Waals surface area contributed by atoms with E-state index in [1.54, 1.807) is 43.3 Å². The number of Topliss-reactive ketones (excluding diaryl/α,β-unsaturated/α-hetero) is 1. The van der Waals surface area contributed by atoms with Gasteiger partial charge in [0.15, 0.2) is 0 Å². The third-order valence-electron chi connectivity index (χ3n) is 4.26. The van der Waals surface area contributed by atoms with Crippen molar-refractivity contribution in [1.29, 1.82) is 0 Å². The number of nitrogens with one attached hydrogen (secondary N) is 1. The van der Waals surface area contributed by atoms with Crippen LogP contribution in [0.15, 0.2) is 59.7 Å².